The van der Waals surface area contributed by atoms with Gasteiger partial charge >= 0.3 is 0 Å². The lowest BCUT2D eigenvalue weighted by Gasteiger charge is -2.56. The van der Waals surface area contributed by atoms with Gasteiger partial charge in [-0.1, -0.05) is 59.7 Å². The Morgan fingerprint density at radius 2 is 1.57 bits per heavy atom. The summed E-state index contributed by atoms with van der Waals surface area (Å²) in [7, 11) is 0. The fraction of sp³-hybridized carbons (Fsp3) is 0.480. The number of piperidine rings is 3. The van der Waals surface area contributed by atoms with Gasteiger partial charge in [0.05, 0.1) is 19.6 Å². The number of hydrogen-bond donors (Lipinski definition) is 1. The maximum absolute atomic E-state index is 12.5. The lowest BCUT2D eigenvalue weighted by atomic mass is 9.70. The summed E-state index contributed by atoms with van der Waals surface area (Å²) in [6, 6.07) is 16.3. The molecule has 3 heterocycles. The Morgan fingerprint density at radius 3 is 2.18 bits per heavy atom. The molecule has 3 aliphatic heterocycles. The van der Waals surface area contributed by atoms with E-state index in [4.69, 9.17) is 0 Å². The van der Waals surface area contributed by atoms with Crippen LogP contribution >= 0.6 is 0 Å². The maximum Gasteiger partial charge on any atom is 0.163 e. The molecule has 0 spiro atoms. The second kappa shape index (κ2) is 7.46. The number of fused-ring (bicyclic) bond motifs is 3. The zero-order valence-electron chi connectivity index (χ0n) is 17.2. The van der Waals surface area contributed by atoms with Crippen molar-refractivity contribution in [2.45, 2.75) is 45.1 Å². The first-order valence-electron chi connectivity index (χ1n) is 10.6. The molecule has 3 nitrogen and oxygen atoms in total. The highest BCUT2D eigenvalue weighted by molar-refractivity contribution is 5.96. The molecule has 3 fully saturated rings. The van der Waals surface area contributed by atoms with Crippen LogP contribution in [-0.2, 0) is 5.60 Å². The van der Waals surface area contributed by atoms with E-state index < -0.39 is 5.60 Å². The van der Waals surface area contributed by atoms with Crippen molar-refractivity contribution in [1.29, 1.82) is 0 Å². The van der Waals surface area contributed by atoms with E-state index in [2.05, 4.69) is 31.2 Å². The van der Waals surface area contributed by atoms with Crippen LogP contribution in [0, 0.1) is 19.8 Å². The van der Waals surface area contributed by atoms with Crippen molar-refractivity contribution in [3.8, 4) is 0 Å². The van der Waals surface area contributed by atoms with Crippen LogP contribution in [0.3, 0.4) is 0 Å². The predicted octanol–water partition coefficient (Wildman–Crippen LogP) is 4.39. The van der Waals surface area contributed by atoms with Gasteiger partial charge in [0.1, 0.15) is 12.1 Å². The number of carbonyl (C=O) groups excluding carboxylic acids is 1. The van der Waals surface area contributed by atoms with E-state index in [0.29, 0.717) is 12.3 Å². The first kappa shape index (κ1) is 19.4. The number of carbonyl (C=O) groups is 1. The van der Waals surface area contributed by atoms with E-state index in [1.54, 1.807) is 0 Å². The molecule has 2 aromatic rings. The average Bonchev–Trinajstić information content (AvgIpc) is 2.69. The van der Waals surface area contributed by atoms with Crippen molar-refractivity contribution in [1.82, 2.24) is 0 Å². The molecule has 1 N–H and O–H groups in total. The minimum Gasteiger partial charge on any atom is -0.379 e. The molecule has 0 radical (unpaired) electrons. The molecule has 0 aromatic heterocycles. The second-order valence-corrected chi connectivity index (χ2v) is 9.13. The molecule has 3 aliphatic rings. The molecular weight excluding hydrogens is 346 g/mol. The molecule has 0 amide bonds. The summed E-state index contributed by atoms with van der Waals surface area (Å²) in [5, 5.41) is 11.6. The number of rotatable bonds is 6. The number of nitrogens with zero attached hydrogens (tertiary/aromatic N) is 1. The monoisotopic (exact) mass is 378 g/mol. The smallest absolute Gasteiger partial charge is 0.163 e. The molecule has 2 aromatic carbocycles. The molecule has 0 aliphatic carbocycles. The van der Waals surface area contributed by atoms with Crippen LogP contribution in [0.15, 0.2) is 48.5 Å². The van der Waals surface area contributed by atoms with Crippen LogP contribution in [0.25, 0.3) is 0 Å². The zero-order valence-corrected chi connectivity index (χ0v) is 17.2. The summed E-state index contributed by atoms with van der Waals surface area (Å²) in [5.74, 6) is 0.600. The second-order valence-electron chi connectivity index (χ2n) is 9.13. The molecule has 28 heavy (non-hydrogen) atoms. The van der Waals surface area contributed by atoms with Gasteiger partial charge in [-0.3, -0.25) is 4.79 Å². The number of hydrogen-bond acceptors (Lipinski definition) is 2. The Bertz CT molecular complexity index is 832. The van der Waals surface area contributed by atoms with E-state index in [-0.39, 0.29) is 5.78 Å². The third-order valence-corrected chi connectivity index (χ3v) is 7.12. The standard InChI is InChI=1S/C25H32NO2/c1-19-5-9-21(10-6-19)24(27)4-3-15-26-16-13-23(14-17-26)25(28,18-26)22-11-7-20(2)8-12-22/h5-12,23,28H,3-4,13-18H2,1-2H3/q+1. The SMILES string of the molecule is Cc1ccc(C(=O)CCC[N+]23CCC(CC2)C(O)(c2ccc(C)cc2)C3)cc1. The summed E-state index contributed by atoms with van der Waals surface area (Å²) >= 11 is 0. The highest BCUT2D eigenvalue weighted by Gasteiger charge is 2.54. The molecule has 1 atom stereocenters. The quantitative estimate of drug-likeness (QED) is 0.598. The molecular formula is C25H32NO2+. The molecule has 0 saturated carbocycles. The Kier molecular flexibility index (Phi) is 5.15. The Hall–Kier alpha value is -1.97. The van der Waals surface area contributed by atoms with E-state index in [9.17, 15) is 9.90 Å². The van der Waals surface area contributed by atoms with Crippen LogP contribution in [0.5, 0.6) is 0 Å². The fourth-order valence-corrected chi connectivity index (χ4v) is 5.32. The first-order chi connectivity index (χ1) is 13.4. The summed E-state index contributed by atoms with van der Waals surface area (Å²) < 4.78 is 0.960. The van der Waals surface area contributed by atoms with E-state index >= 15 is 0 Å². The van der Waals surface area contributed by atoms with Gasteiger partial charge in [0.15, 0.2) is 5.78 Å². The Labute approximate surface area is 168 Å². The Morgan fingerprint density at radius 1 is 1.00 bits per heavy atom. The highest BCUT2D eigenvalue weighted by Crippen LogP contribution is 2.46. The molecule has 2 bridgehead atoms. The largest absolute Gasteiger partial charge is 0.379 e. The van der Waals surface area contributed by atoms with Crippen LogP contribution in [0.4, 0.5) is 0 Å². The lowest BCUT2D eigenvalue weighted by molar-refractivity contribution is -0.952. The van der Waals surface area contributed by atoms with E-state index in [1.807, 2.05) is 31.2 Å². The number of aryl methyl sites for hydroxylation is 2. The highest BCUT2D eigenvalue weighted by atomic mass is 16.3. The van der Waals surface area contributed by atoms with Crippen molar-refractivity contribution >= 4 is 5.78 Å². The third kappa shape index (κ3) is 3.66. The van der Waals surface area contributed by atoms with E-state index in [1.165, 1.54) is 11.1 Å². The van der Waals surface area contributed by atoms with Crippen molar-refractivity contribution in [2.75, 3.05) is 26.2 Å². The van der Waals surface area contributed by atoms with Gasteiger partial charge in [-0.05, 0) is 19.4 Å². The van der Waals surface area contributed by atoms with Gasteiger partial charge in [0, 0.05) is 37.2 Å². The average molecular weight is 379 g/mol. The van der Waals surface area contributed by atoms with Gasteiger partial charge in [-0.2, -0.15) is 0 Å². The topological polar surface area (TPSA) is 37.3 Å². The van der Waals surface area contributed by atoms with E-state index in [0.717, 1.165) is 61.1 Å². The number of quaternary nitrogens is 1. The van der Waals surface area contributed by atoms with Crippen molar-refractivity contribution in [3.63, 3.8) is 0 Å². The first-order valence-corrected chi connectivity index (χ1v) is 10.6. The van der Waals surface area contributed by atoms with Crippen molar-refractivity contribution in [2.24, 2.45) is 5.92 Å². The zero-order chi connectivity index (χ0) is 19.8. The van der Waals surface area contributed by atoms with Crippen LogP contribution in [0.2, 0.25) is 0 Å². The van der Waals surface area contributed by atoms with Crippen LogP contribution in [-0.4, -0.2) is 41.6 Å². The number of ketones is 1. The molecule has 3 heteroatoms. The molecule has 5 rings (SSSR count). The van der Waals surface area contributed by atoms with Crippen molar-refractivity contribution < 1.29 is 14.4 Å². The van der Waals surface area contributed by atoms with Gasteiger partial charge in [-0.15, -0.1) is 0 Å². The molecule has 148 valence electrons. The molecule has 1 unspecified atom stereocenters. The summed E-state index contributed by atoms with van der Waals surface area (Å²) in [6.45, 7) is 8.18. The summed E-state index contributed by atoms with van der Waals surface area (Å²) in [5.41, 5.74) is 3.58. The maximum atomic E-state index is 12.5. The minimum absolute atomic E-state index is 0.235. The number of benzene rings is 2. The molecule has 3 saturated heterocycles. The number of aliphatic hydroxyl groups is 1. The summed E-state index contributed by atoms with van der Waals surface area (Å²) in [4.78, 5) is 12.5. The van der Waals surface area contributed by atoms with Crippen LogP contribution < -0.4 is 0 Å². The van der Waals surface area contributed by atoms with Gasteiger partial charge in [0.2, 0.25) is 0 Å². The third-order valence-electron chi connectivity index (χ3n) is 7.12. The lowest BCUT2D eigenvalue weighted by Crippen LogP contribution is -2.67. The van der Waals surface area contributed by atoms with Crippen molar-refractivity contribution in [3.05, 3.63) is 70.8 Å². The van der Waals surface area contributed by atoms with Gasteiger partial charge in [0.25, 0.3) is 0 Å². The van der Waals surface area contributed by atoms with Gasteiger partial charge < -0.3 is 9.59 Å². The van der Waals surface area contributed by atoms with Crippen LogP contribution in [0.1, 0.15) is 52.7 Å². The van der Waals surface area contributed by atoms with Gasteiger partial charge in [-0.25, -0.2) is 0 Å². The predicted molar refractivity (Wildman–Crippen MR) is 112 cm³/mol. The normalized spacial score (nSPS) is 29.0. The Balaban J connectivity index is 1.42. The number of Topliss-reactive ketones (excluding diaryl/α,β-unsaturated/α-hetero) is 1. The minimum atomic E-state index is -0.717. The summed E-state index contributed by atoms with van der Waals surface area (Å²) in [6.07, 6.45) is 3.64. The fourth-order valence-electron chi connectivity index (χ4n) is 5.32.